The smallest absolute Gasteiger partial charge is 0.258 e. The quantitative estimate of drug-likeness (QED) is 0.858. The number of nitrogens with two attached hydrogens (primary N) is 1. The molecule has 0 saturated carbocycles. The predicted molar refractivity (Wildman–Crippen MR) is 72.3 cm³/mol. The SMILES string of the molecule is CC(Oc1ccc(CNC(C)(C)C)cc1F)C(N)=O. The Morgan fingerprint density at radius 3 is 2.58 bits per heavy atom. The second-order valence-corrected chi connectivity index (χ2v) is 5.53. The number of halogens is 1. The van der Waals surface area contributed by atoms with Gasteiger partial charge in [0.05, 0.1) is 0 Å². The van der Waals surface area contributed by atoms with Gasteiger partial charge in [0.1, 0.15) is 0 Å². The van der Waals surface area contributed by atoms with Gasteiger partial charge < -0.3 is 15.8 Å². The van der Waals surface area contributed by atoms with Crippen molar-refractivity contribution >= 4 is 5.91 Å². The summed E-state index contributed by atoms with van der Waals surface area (Å²) in [6.45, 7) is 8.16. The number of amides is 1. The van der Waals surface area contributed by atoms with Crippen molar-refractivity contribution < 1.29 is 13.9 Å². The molecule has 1 atom stereocenters. The molecular formula is C14H21FN2O2. The zero-order valence-electron chi connectivity index (χ0n) is 11.8. The van der Waals surface area contributed by atoms with Crippen LogP contribution in [0, 0.1) is 5.82 Å². The Hall–Kier alpha value is -1.62. The number of primary amides is 1. The van der Waals surface area contributed by atoms with Crippen LogP contribution in [0.1, 0.15) is 33.3 Å². The molecule has 0 aliphatic rings. The van der Waals surface area contributed by atoms with Gasteiger partial charge in [-0.2, -0.15) is 0 Å². The Morgan fingerprint density at radius 1 is 1.47 bits per heavy atom. The normalized spacial score (nSPS) is 13.1. The predicted octanol–water partition coefficient (Wildman–Crippen LogP) is 1.97. The van der Waals surface area contributed by atoms with Crippen molar-refractivity contribution in [1.82, 2.24) is 5.32 Å². The van der Waals surface area contributed by atoms with Crippen molar-refractivity contribution in [3.8, 4) is 5.75 Å². The summed E-state index contributed by atoms with van der Waals surface area (Å²) in [6, 6.07) is 4.65. The maximum absolute atomic E-state index is 13.8. The van der Waals surface area contributed by atoms with Crippen LogP contribution in [-0.2, 0) is 11.3 Å². The first-order chi connectivity index (χ1) is 8.69. The van der Waals surface area contributed by atoms with E-state index in [0.717, 1.165) is 5.56 Å². The monoisotopic (exact) mass is 268 g/mol. The van der Waals surface area contributed by atoms with E-state index in [2.05, 4.69) is 5.32 Å². The second kappa shape index (κ2) is 6.02. The lowest BCUT2D eigenvalue weighted by molar-refractivity contribution is -0.124. The van der Waals surface area contributed by atoms with Crippen molar-refractivity contribution in [2.75, 3.05) is 0 Å². The van der Waals surface area contributed by atoms with Gasteiger partial charge in [0, 0.05) is 12.1 Å². The van der Waals surface area contributed by atoms with E-state index in [0.29, 0.717) is 6.54 Å². The van der Waals surface area contributed by atoms with Crippen LogP contribution < -0.4 is 15.8 Å². The number of benzene rings is 1. The van der Waals surface area contributed by atoms with Gasteiger partial charge >= 0.3 is 0 Å². The van der Waals surface area contributed by atoms with E-state index in [-0.39, 0.29) is 11.3 Å². The number of rotatable bonds is 5. The first-order valence-electron chi connectivity index (χ1n) is 6.18. The molecule has 1 amide bonds. The topological polar surface area (TPSA) is 64.3 Å². The Balaban J connectivity index is 2.72. The minimum absolute atomic E-state index is 0.0332. The van der Waals surface area contributed by atoms with E-state index in [1.165, 1.54) is 19.1 Å². The largest absolute Gasteiger partial charge is 0.478 e. The molecule has 4 nitrogen and oxygen atoms in total. The van der Waals surface area contributed by atoms with Crippen molar-refractivity contribution in [1.29, 1.82) is 0 Å². The molecule has 0 heterocycles. The minimum Gasteiger partial charge on any atom is -0.478 e. The Bertz CT molecular complexity index is 455. The highest BCUT2D eigenvalue weighted by Gasteiger charge is 2.14. The summed E-state index contributed by atoms with van der Waals surface area (Å²) in [5.41, 5.74) is 5.84. The summed E-state index contributed by atoms with van der Waals surface area (Å²) >= 11 is 0. The maximum atomic E-state index is 13.8. The van der Waals surface area contributed by atoms with Crippen molar-refractivity contribution in [3.63, 3.8) is 0 Å². The van der Waals surface area contributed by atoms with Crippen LogP contribution in [0.3, 0.4) is 0 Å². The molecular weight excluding hydrogens is 247 g/mol. The van der Waals surface area contributed by atoms with Gasteiger partial charge in [0.2, 0.25) is 0 Å². The van der Waals surface area contributed by atoms with Gasteiger partial charge in [-0.25, -0.2) is 4.39 Å². The summed E-state index contributed by atoms with van der Waals surface area (Å²) in [7, 11) is 0. The highest BCUT2D eigenvalue weighted by molar-refractivity contribution is 5.78. The molecule has 3 N–H and O–H groups in total. The van der Waals surface area contributed by atoms with Gasteiger partial charge in [-0.15, -0.1) is 0 Å². The molecule has 0 aliphatic heterocycles. The highest BCUT2D eigenvalue weighted by Crippen LogP contribution is 2.20. The molecule has 1 aromatic carbocycles. The van der Waals surface area contributed by atoms with Crippen molar-refractivity contribution in [2.45, 2.75) is 45.9 Å². The highest BCUT2D eigenvalue weighted by atomic mass is 19.1. The van der Waals surface area contributed by atoms with Crippen LogP contribution >= 0.6 is 0 Å². The van der Waals surface area contributed by atoms with Crippen LogP contribution in [0.5, 0.6) is 5.75 Å². The molecule has 19 heavy (non-hydrogen) atoms. The van der Waals surface area contributed by atoms with E-state index < -0.39 is 17.8 Å². The Morgan fingerprint density at radius 2 is 2.11 bits per heavy atom. The fraction of sp³-hybridized carbons (Fsp3) is 0.500. The number of ether oxygens (including phenoxy) is 1. The van der Waals surface area contributed by atoms with Crippen LogP contribution in [-0.4, -0.2) is 17.6 Å². The van der Waals surface area contributed by atoms with E-state index in [9.17, 15) is 9.18 Å². The fourth-order valence-corrected chi connectivity index (χ4v) is 1.37. The van der Waals surface area contributed by atoms with Crippen molar-refractivity contribution in [3.05, 3.63) is 29.6 Å². The van der Waals surface area contributed by atoms with Gasteiger partial charge in [-0.3, -0.25) is 4.79 Å². The number of nitrogens with one attached hydrogen (secondary N) is 1. The van der Waals surface area contributed by atoms with Crippen LogP contribution in [0.2, 0.25) is 0 Å². The molecule has 106 valence electrons. The number of carbonyl (C=O) groups is 1. The first kappa shape index (κ1) is 15.4. The zero-order chi connectivity index (χ0) is 14.6. The molecule has 1 unspecified atom stereocenters. The van der Waals surface area contributed by atoms with Gasteiger partial charge in [0.25, 0.3) is 5.91 Å². The molecule has 1 rings (SSSR count). The summed E-state index contributed by atoms with van der Waals surface area (Å²) in [4.78, 5) is 10.9. The van der Waals surface area contributed by atoms with Gasteiger partial charge in [-0.1, -0.05) is 6.07 Å². The summed E-state index contributed by atoms with van der Waals surface area (Å²) in [5, 5.41) is 3.26. The average Bonchev–Trinajstić information content (AvgIpc) is 2.28. The zero-order valence-corrected chi connectivity index (χ0v) is 11.8. The Kier molecular flexibility index (Phi) is 4.89. The van der Waals surface area contributed by atoms with E-state index in [4.69, 9.17) is 10.5 Å². The van der Waals surface area contributed by atoms with Crippen LogP contribution in [0.25, 0.3) is 0 Å². The third-order valence-corrected chi connectivity index (χ3v) is 2.52. The van der Waals surface area contributed by atoms with E-state index >= 15 is 0 Å². The maximum Gasteiger partial charge on any atom is 0.258 e. The standard InChI is InChI=1S/C14H21FN2O2/c1-9(13(16)18)19-12-6-5-10(7-11(12)15)8-17-14(2,3)4/h5-7,9,17H,8H2,1-4H3,(H2,16,18). The third kappa shape index (κ3) is 5.26. The minimum atomic E-state index is -0.854. The third-order valence-electron chi connectivity index (χ3n) is 2.52. The number of hydrogen-bond donors (Lipinski definition) is 2. The molecule has 1 aromatic rings. The Labute approximate surface area is 113 Å². The lowest BCUT2D eigenvalue weighted by atomic mass is 10.1. The van der Waals surface area contributed by atoms with Gasteiger partial charge in [-0.05, 0) is 45.4 Å². The van der Waals surface area contributed by atoms with E-state index in [1.54, 1.807) is 6.07 Å². The molecule has 5 heteroatoms. The van der Waals surface area contributed by atoms with Crippen LogP contribution in [0.4, 0.5) is 4.39 Å². The molecule has 0 spiro atoms. The average molecular weight is 268 g/mol. The summed E-state index contributed by atoms with van der Waals surface area (Å²) in [6.07, 6.45) is -0.854. The van der Waals surface area contributed by atoms with Gasteiger partial charge in [0.15, 0.2) is 17.7 Å². The molecule has 0 radical (unpaired) electrons. The van der Waals surface area contributed by atoms with Crippen LogP contribution in [0.15, 0.2) is 18.2 Å². The first-order valence-corrected chi connectivity index (χ1v) is 6.18. The summed E-state index contributed by atoms with van der Waals surface area (Å²) < 4.78 is 18.9. The fourth-order valence-electron chi connectivity index (χ4n) is 1.37. The molecule has 0 aromatic heterocycles. The molecule has 0 bridgehead atoms. The number of carbonyl (C=O) groups excluding carboxylic acids is 1. The summed E-state index contributed by atoms with van der Waals surface area (Å²) in [5.74, 6) is -1.09. The van der Waals surface area contributed by atoms with E-state index in [1.807, 2.05) is 20.8 Å². The number of hydrogen-bond acceptors (Lipinski definition) is 3. The van der Waals surface area contributed by atoms with Crippen molar-refractivity contribution in [2.24, 2.45) is 5.73 Å². The molecule has 0 saturated heterocycles. The lowest BCUT2D eigenvalue weighted by Gasteiger charge is -2.20. The molecule has 0 aliphatic carbocycles. The lowest BCUT2D eigenvalue weighted by Crippen LogP contribution is -2.35. The second-order valence-electron chi connectivity index (χ2n) is 5.53. The molecule has 0 fully saturated rings.